The van der Waals surface area contributed by atoms with Crippen molar-refractivity contribution in [2.75, 3.05) is 6.54 Å². The molecule has 5 nitrogen and oxygen atoms in total. The number of phenolic OH excluding ortho intramolecular Hbond substituents is 1. The monoisotopic (exact) mass is 408 g/mol. The number of fused-ring (bicyclic) bond motifs is 1. The van der Waals surface area contributed by atoms with Crippen LogP contribution in [0.2, 0.25) is 0 Å². The maximum Gasteiger partial charge on any atom is 0.305 e. The largest absolute Gasteiger partial charge is 0.506 e. The minimum absolute atomic E-state index is 0. The zero-order chi connectivity index (χ0) is 18.5. The van der Waals surface area contributed by atoms with Crippen molar-refractivity contribution in [2.24, 2.45) is 0 Å². The van der Waals surface area contributed by atoms with Crippen LogP contribution in [-0.2, 0) is 19.3 Å². The summed E-state index contributed by atoms with van der Waals surface area (Å²) in [5.41, 5.74) is 3.88. The summed E-state index contributed by atoms with van der Waals surface area (Å²) in [6, 6.07) is 11.9. The van der Waals surface area contributed by atoms with Crippen molar-refractivity contribution in [3.63, 3.8) is 0 Å². The van der Waals surface area contributed by atoms with Gasteiger partial charge in [-0.05, 0) is 35.6 Å². The molecule has 0 unspecified atom stereocenters. The van der Waals surface area contributed by atoms with Crippen LogP contribution in [0.4, 0.5) is 0 Å². The molecule has 4 N–H and O–H groups in total. The number of rotatable bonds is 8. The van der Waals surface area contributed by atoms with Crippen LogP contribution in [-0.4, -0.2) is 28.0 Å². The molecule has 27 heavy (non-hydrogen) atoms. The van der Waals surface area contributed by atoms with Crippen molar-refractivity contribution in [2.45, 2.75) is 38.8 Å². The van der Waals surface area contributed by atoms with E-state index in [1.165, 1.54) is 11.1 Å². The van der Waals surface area contributed by atoms with E-state index in [-0.39, 0.29) is 23.0 Å². The SMILES string of the molecule is CCCc1cccc(CCN[C@H](O)Cc2ccc(O)c3[nH]c(=O)sc23)c1.Cl. The Balaban J connectivity index is 0.00000261. The second kappa shape index (κ2) is 9.90. The molecule has 1 atom stereocenters. The summed E-state index contributed by atoms with van der Waals surface area (Å²) in [4.78, 5) is 14.0. The highest BCUT2D eigenvalue weighted by Crippen LogP contribution is 2.28. The van der Waals surface area contributed by atoms with Crippen molar-refractivity contribution in [3.8, 4) is 5.75 Å². The van der Waals surface area contributed by atoms with Crippen molar-refractivity contribution >= 4 is 34.0 Å². The van der Waals surface area contributed by atoms with Crippen LogP contribution in [0, 0.1) is 0 Å². The number of aromatic nitrogens is 1. The fourth-order valence-corrected chi connectivity index (χ4v) is 4.01. The van der Waals surface area contributed by atoms with E-state index in [0.717, 1.165) is 36.2 Å². The van der Waals surface area contributed by atoms with Crippen molar-refractivity contribution in [1.29, 1.82) is 0 Å². The molecule has 0 amide bonds. The van der Waals surface area contributed by atoms with Crippen molar-refractivity contribution < 1.29 is 10.2 Å². The lowest BCUT2D eigenvalue weighted by molar-refractivity contribution is 0.139. The molecule has 146 valence electrons. The first-order valence-electron chi connectivity index (χ1n) is 8.89. The molecule has 0 bridgehead atoms. The van der Waals surface area contributed by atoms with Gasteiger partial charge in [-0.3, -0.25) is 10.1 Å². The Morgan fingerprint density at radius 3 is 2.67 bits per heavy atom. The predicted molar refractivity (Wildman–Crippen MR) is 113 cm³/mol. The van der Waals surface area contributed by atoms with E-state index in [0.29, 0.717) is 23.2 Å². The highest BCUT2D eigenvalue weighted by molar-refractivity contribution is 7.16. The van der Waals surface area contributed by atoms with E-state index in [2.05, 4.69) is 41.5 Å². The first kappa shape index (κ1) is 21.4. The van der Waals surface area contributed by atoms with Crippen LogP contribution in [0.25, 0.3) is 10.2 Å². The molecule has 0 fully saturated rings. The third kappa shape index (κ3) is 5.56. The lowest BCUT2D eigenvalue weighted by Crippen LogP contribution is -2.32. The van der Waals surface area contributed by atoms with E-state index in [1.54, 1.807) is 12.1 Å². The Hall–Kier alpha value is -1.86. The standard InChI is InChI=1S/C20H24N2O3S.ClH/c1-2-4-13-5-3-6-14(11-13)9-10-21-17(24)12-15-7-8-16(23)18-19(15)26-20(25)22-18;/h3,5-8,11,17,21,23-24H,2,4,9-10,12H2,1H3,(H,22,25);1H/t17-;/m1./s1. The highest BCUT2D eigenvalue weighted by atomic mass is 35.5. The molecular formula is C20H25ClN2O3S. The Morgan fingerprint density at radius 1 is 1.19 bits per heavy atom. The number of aliphatic hydroxyl groups excluding tert-OH is 1. The van der Waals surface area contributed by atoms with Gasteiger partial charge in [0.2, 0.25) is 0 Å². The van der Waals surface area contributed by atoms with Gasteiger partial charge in [0.15, 0.2) is 0 Å². The third-order valence-electron chi connectivity index (χ3n) is 4.38. The van der Waals surface area contributed by atoms with E-state index in [9.17, 15) is 15.0 Å². The minimum atomic E-state index is -0.709. The number of thiazole rings is 1. The Morgan fingerprint density at radius 2 is 1.93 bits per heavy atom. The first-order chi connectivity index (χ1) is 12.6. The summed E-state index contributed by atoms with van der Waals surface area (Å²) >= 11 is 1.05. The summed E-state index contributed by atoms with van der Waals surface area (Å²) in [6.07, 6.45) is 2.73. The maximum absolute atomic E-state index is 11.6. The zero-order valence-corrected chi connectivity index (χ0v) is 16.8. The van der Waals surface area contributed by atoms with E-state index < -0.39 is 6.23 Å². The van der Waals surface area contributed by atoms with E-state index in [4.69, 9.17) is 0 Å². The van der Waals surface area contributed by atoms with Crippen LogP contribution in [0.5, 0.6) is 5.75 Å². The number of hydrogen-bond acceptors (Lipinski definition) is 5. The zero-order valence-electron chi connectivity index (χ0n) is 15.2. The summed E-state index contributed by atoms with van der Waals surface area (Å²) < 4.78 is 0.697. The Labute approximate surface area is 168 Å². The molecular weight excluding hydrogens is 384 g/mol. The summed E-state index contributed by atoms with van der Waals surface area (Å²) in [6.45, 7) is 2.84. The number of H-pyrrole nitrogens is 1. The molecule has 0 aliphatic rings. The number of aliphatic hydroxyl groups is 1. The second-order valence-electron chi connectivity index (χ2n) is 6.46. The van der Waals surface area contributed by atoms with Gasteiger partial charge in [0, 0.05) is 13.0 Å². The van der Waals surface area contributed by atoms with E-state index >= 15 is 0 Å². The predicted octanol–water partition coefficient (Wildman–Crippen LogP) is 3.36. The minimum Gasteiger partial charge on any atom is -0.506 e. The molecule has 0 saturated carbocycles. The lowest BCUT2D eigenvalue weighted by Gasteiger charge is -2.14. The maximum atomic E-state index is 11.6. The van der Waals surface area contributed by atoms with Gasteiger partial charge in [0.1, 0.15) is 17.5 Å². The lowest BCUT2D eigenvalue weighted by atomic mass is 10.0. The van der Waals surface area contributed by atoms with Crippen molar-refractivity contribution in [1.82, 2.24) is 10.3 Å². The number of phenols is 1. The molecule has 3 aromatic rings. The van der Waals surface area contributed by atoms with Crippen LogP contribution < -0.4 is 10.2 Å². The summed E-state index contributed by atoms with van der Waals surface area (Å²) in [5, 5.41) is 23.3. The fraction of sp³-hybridized carbons (Fsp3) is 0.350. The van der Waals surface area contributed by atoms with Gasteiger partial charge in [0.25, 0.3) is 0 Å². The summed E-state index contributed by atoms with van der Waals surface area (Å²) in [5.74, 6) is 0.0523. The number of nitrogens with one attached hydrogen (secondary N) is 2. The number of aromatic hydroxyl groups is 1. The smallest absolute Gasteiger partial charge is 0.305 e. The quantitative estimate of drug-likeness (QED) is 0.430. The number of aromatic amines is 1. The average molecular weight is 409 g/mol. The van der Waals surface area contributed by atoms with Crippen LogP contribution >= 0.6 is 23.7 Å². The van der Waals surface area contributed by atoms with Crippen LogP contribution in [0.15, 0.2) is 41.2 Å². The molecule has 0 radical (unpaired) electrons. The van der Waals surface area contributed by atoms with Gasteiger partial charge < -0.3 is 15.2 Å². The highest BCUT2D eigenvalue weighted by Gasteiger charge is 2.13. The Bertz CT molecular complexity index is 938. The Kier molecular flexibility index (Phi) is 7.86. The molecule has 1 heterocycles. The van der Waals surface area contributed by atoms with Crippen LogP contribution in [0.1, 0.15) is 30.0 Å². The molecule has 0 spiro atoms. The number of benzene rings is 2. The number of hydrogen-bond donors (Lipinski definition) is 4. The van der Waals surface area contributed by atoms with Crippen LogP contribution in [0.3, 0.4) is 0 Å². The first-order valence-corrected chi connectivity index (χ1v) is 9.71. The molecule has 0 saturated heterocycles. The number of aryl methyl sites for hydroxylation is 1. The van der Waals surface area contributed by atoms with Crippen molar-refractivity contribution in [3.05, 3.63) is 62.8 Å². The van der Waals surface area contributed by atoms with Gasteiger partial charge in [-0.2, -0.15) is 0 Å². The van der Waals surface area contributed by atoms with Gasteiger partial charge >= 0.3 is 4.87 Å². The molecule has 1 aromatic heterocycles. The van der Waals surface area contributed by atoms with Gasteiger partial charge in [-0.25, -0.2) is 0 Å². The third-order valence-corrected chi connectivity index (χ3v) is 5.33. The fourth-order valence-electron chi connectivity index (χ4n) is 3.13. The van der Waals surface area contributed by atoms with Gasteiger partial charge in [-0.1, -0.05) is 55.0 Å². The normalized spacial score (nSPS) is 12.1. The molecule has 0 aliphatic carbocycles. The summed E-state index contributed by atoms with van der Waals surface area (Å²) in [7, 11) is 0. The van der Waals surface area contributed by atoms with E-state index in [1.807, 2.05) is 0 Å². The molecule has 3 rings (SSSR count). The topological polar surface area (TPSA) is 85.3 Å². The number of halogens is 1. The van der Waals surface area contributed by atoms with Gasteiger partial charge in [0.05, 0.1) is 4.70 Å². The molecule has 2 aromatic carbocycles. The molecule has 0 aliphatic heterocycles. The molecule has 7 heteroatoms. The second-order valence-corrected chi connectivity index (χ2v) is 7.44. The van der Waals surface area contributed by atoms with Gasteiger partial charge in [-0.15, -0.1) is 12.4 Å². The average Bonchev–Trinajstić information content (AvgIpc) is 3.01.